The Labute approximate surface area is 95.5 Å². The maximum atomic E-state index is 13.6. The second-order valence-corrected chi connectivity index (χ2v) is 3.94. The van der Waals surface area contributed by atoms with E-state index in [0.29, 0.717) is 10.7 Å². The van der Waals surface area contributed by atoms with Crippen LogP contribution in [0.5, 0.6) is 0 Å². The zero-order valence-corrected chi connectivity index (χ0v) is 9.55. The number of thioether (sulfide) groups is 1. The standard InChI is InChI=1S/C10H9F2N3S/c1-15-8(9(12)14-10(15)16-2)6-3-4-13-7(11)5-6/h3-5H,1-2H3. The highest BCUT2D eigenvalue weighted by molar-refractivity contribution is 7.98. The van der Waals surface area contributed by atoms with Crippen LogP contribution in [0.4, 0.5) is 8.78 Å². The second-order valence-electron chi connectivity index (χ2n) is 3.16. The van der Waals surface area contributed by atoms with Crippen molar-refractivity contribution in [3.8, 4) is 11.3 Å². The highest BCUT2D eigenvalue weighted by atomic mass is 32.2. The zero-order chi connectivity index (χ0) is 11.7. The molecular weight excluding hydrogens is 232 g/mol. The van der Waals surface area contributed by atoms with Gasteiger partial charge in [-0.2, -0.15) is 13.8 Å². The quantitative estimate of drug-likeness (QED) is 0.598. The van der Waals surface area contributed by atoms with Crippen LogP contribution in [0, 0.1) is 11.9 Å². The SMILES string of the molecule is CSc1nc(F)c(-c2ccnc(F)c2)n1C. The van der Waals surface area contributed by atoms with E-state index in [9.17, 15) is 8.78 Å². The van der Waals surface area contributed by atoms with Crippen LogP contribution >= 0.6 is 11.8 Å². The number of pyridine rings is 1. The highest BCUT2D eigenvalue weighted by Gasteiger charge is 2.16. The van der Waals surface area contributed by atoms with Gasteiger partial charge in [-0.3, -0.25) is 0 Å². The Balaban J connectivity index is 2.60. The number of halogens is 2. The summed E-state index contributed by atoms with van der Waals surface area (Å²) in [6.07, 6.45) is 3.11. The normalized spacial score (nSPS) is 10.8. The Morgan fingerprint density at radius 2 is 2.12 bits per heavy atom. The molecule has 0 saturated heterocycles. The molecule has 2 aromatic heterocycles. The maximum absolute atomic E-state index is 13.6. The van der Waals surface area contributed by atoms with Gasteiger partial charge in [0.1, 0.15) is 5.69 Å². The molecule has 0 aliphatic heterocycles. The third-order valence-corrected chi connectivity index (χ3v) is 2.92. The van der Waals surface area contributed by atoms with Crippen molar-refractivity contribution >= 4 is 11.8 Å². The number of rotatable bonds is 2. The van der Waals surface area contributed by atoms with Gasteiger partial charge in [-0.1, -0.05) is 11.8 Å². The fourth-order valence-corrected chi connectivity index (χ4v) is 2.03. The average molecular weight is 241 g/mol. The smallest absolute Gasteiger partial charge is 0.239 e. The van der Waals surface area contributed by atoms with Crippen molar-refractivity contribution in [2.45, 2.75) is 5.16 Å². The van der Waals surface area contributed by atoms with E-state index >= 15 is 0 Å². The van der Waals surface area contributed by atoms with Gasteiger partial charge in [-0.15, -0.1) is 0 Å². The molecule has 0 amide bonds. The second kappa shape index (κ2) is 4.21. The lowest BCUT2D eigenvalue weighted by molar-refractivity contribution is 0.581. The van der Waals surface area contributed by atoms with Crippen molar-refractivity contribution in [1.29, 1.82) is 0 Å². The molecule has 0 N–H and O–H groups in total. The number of nitrogens with zero attached hydrogens (tertiary/aromatic N) is 3. The Morgan fingerprint density at radius 1 is 1.38 bits per heavy atom. The van der Waals surface area contributed by atoms with Gasteiger partial charge in [0, 0.05) is 24.9 Å². The first-order chi connectivity index (χ1) is 7.63. The van der Waals surface area contributed by atoms with Gasteiger partial charge >= 0.3 is 0 Å². The first kappa shape index (κ1) is 11.1. The van der Waals surface area contributed by atoms with Crippen molar-refractivity contribution in [3.05, 3.63) is 30.2 Å². The minimum Gasteiger partial charge on any atom is -0.320 e. The van der Waals surface area contributed by atoms with E-state index in [1.165, 1.54) is 24.0 Å². The van der Waals surface area contributed by atoms with Crippen LogP contribution in [-0.2, 0) is 7.05 Å². The minimum absolute atomic E-state index is 0.269. The molecule has 0 unspecified atom stereocenters. The van der Waals surface area contributed by atoms with Gasteiger partial charge in [0.15, 0.2) is 5.16 Å². The lowest BCUT2D eigenvalue weighted by Crippen LogP contribution is -1.95. The van der Waals surface area contributed by atoms with Gasteiger partial charge in [-0.25, -0.2) is 4.98 Å². The Hall–Kier alpha value is -1.43. The summed E-state index contributed by atoms with van der Waals surface area (Å²) < 4.78 is 28.1. The Kier molecular flexibility index (Phi) is 2.91. The number of aromatic nitrogens is 3. The van der Waals surface area contributed by atoms with Gasteiger partial charge in [0.25, 0.3) is 0 Å². The van der Waals surface area contributed by atoms with E-state index in [2.05, 4.69) is 9.97 Å². The predicted octanol–water partition coefficient (Wildman–Crippen LogP) is 2.48. The maximum Gasteiger partial charge on any atom is 0.239 e. The van der Waals surface area contributed by atoms with Gasteiger partial charge in [-0.05, 0) is 12.3 Å². The summed E-state index contributed by atoms with van der Waals surface area (Å²) in [4.78, 5) is 7.18. The van der Waals surface area contributed by atoms with Crippen LogP contribution in [0.1, 0.15) is 0 Å². The van der Waals surface area contributed by atoms with E-state index in [-0.39, 0.29) is 5.69 Å². The molecule has 0 atom stereocenters. The first-order valence-electron chi connectivity index (χ1n) is 4.51. The van der Waals surface area contributed by atoms with Crippen molar-refractivity contribution in [3.63, 3.8) is 0 Å². The summed E-state index contributed by atoms with van der Waals surface area (Å²) in [6.45, 7) is 0. The summed E-state index contributed by atoms with van der Waals surface area (Å²) in [6, 6.07) is 2.73. The van der Waals surface area contributed by atoms with Gasteiger partial charge < -0.3 is 4.57 Å². The van der Waals surface area contributed by atoms with Crippen LogP contribution in [0.3, 0.4) is 0 Å². The first-order valence-corrected chi connectivity index (χ1v) is 5.74. The molecule has 0 saturated carbocycles. The van der Waals surface area contributed by atoms with Gasteiger partial charge in [0.05, 0.1) is 0 Å². The fraction of sp³-hybridized carbons (Fsp3) is 0.200. The van der Waals surface area contributed by atoms with Crippen LogP contribution in [-0.4, -0.2) is 20.8 Å². The number of hydrogen-bond donors (Lipinski definition) is 0. The van der Waals surface area contributed by atoms with Crippen LogP contribution < -0.4 is 0 Å². The van der Waals surface area contributed by atoms with Crippen molar-refractivity contribution < 1.29 is 8.78 Å². The highest BCUT2D eigenvalue weighted by Crippen LogP contribution is 2.26. The molecular formula is C10H9F2N3S. The molecule has 16 heavy (non-hydrogen) atoms. The van der Waals surface area contributed by atoms with E-state index < -0.39 is 11.9 Å². The van der Waals surface area contributed by atoms with E-state index in [0.717, 1.165) is 0 Å². The summed E-state index contributed by atoms with van der Waals surface area (Å²) in [5.74, 6) is -1.23. The topological polar surface area (TPSA) is 30.7 Å². The largest absolute Gasteiger partial charge is 0.320 e. The molecule has 0 fully saturated rings. The summed E-state index contributed by atoms with van der Waals surface area (Å²) in [5, 5.41) is 0.546. The molecule has 0 aromatic carbocycles. The molecule has 0 spiro atoms. The number of hydrogen-bond acceptors (Lipinski definition) is 3. The molecule has 6 heteroatoms. The molecule has 0 aliphatic rings. The van der Waals surface area contributed by atoms with E-state index in [1.807, 2.05) is 0 Å². The van der Waals surface area contributed by atoms with E-state index in [1.54, 1.807) is 23.9 Å². The molecule has 2 aromatic rings. The Morgan fingerprint density at radius 3 is 2.69 bits per heavy atom. The molecule has 84 valence electrons. The lowest BCUT2D eigenvalue weighted by Gasteiger charge is -2.03. The average Bonchev–Trinajstić information content (AvgIpc) is 2.53. The Bertz CT molecular complexity index is 525. The number of imidazole rings is 1. The predicted molar refractivity (Wildman–Crippen MR) is 58.1 cm³/mol. The van der Waals surface area contributed by atoms with E-state index in [4.69, 9.17) is 0 Å². The molecule has 0 bridgehead atoms. The summed E-state index contributed by atoms with van der Waals surface area (Å²) >= 11 is 1.33. The van der Waals surface area contributed by atoms with Crippen LogP contribution in [0.25, 0.3) is 11.3 Å². The lowest BCUT2D eigenvalue weighted by atomic mass is 10.2. The van der Waals surface area contributed by atoms with Crippen molar-refractivity contribution in [2.75, 3.05) is 6.26 Å². The third-order valence-electron chi connectivity index (χ3n) is 2.19. The molecule has 0 radical (unpaired) electrons. The fourth-order valence-electron chi connectivity index (χ4n) is 1.49. The van der Waals surface area contributed by atoms with Crippen LogP contribution in [0.15, 0.2) is 23.5 Å². The van der Waals surface area contributed by atoms with Gasteiger partial charge in [0.2, 0.25) is 11.9 Å². The molecule has 2 heterocycles. The summed E-state index contributed by atoms with van der Waals surface area (Å²) in [5.41, 5.74) is 0.700. The van der Waals surface area contributed by atoms with Crippen molar-refractivity contribution in [1.82, 2.24) is 14.5 Å². The molecule has 2 rings (SSSR count). The summed E-state index contributed by atoms with van der Waals surface area (Å²) in [7, 11) is 1.69. The molecule has 3 nitrogen and oxygen atoms in total. The van der Waals surface area contributed by atoms with Crippen molar-refractivity contribution in [2.24, 2.45) is 7.05 Å². The zero-order valence-electron chi connectivity index (χ0n) is 8.74. The minimum atomic E-state index is -0.635. The third kappa shape index (κ3) is 1.80. The van der Waals surface area contributed by atoms with Crippen LogP contribution in [0.2, 0.25) is 0 Å². The monoisotopic (exact) mass is 241 g/mol. The molecule has 0 aliphatic carbocycles.